The molecule has 146 valence electrons. The van der Waals surface area contributed by atoms with Crippen molar-refractivity contribution in [1.82, 2.24) is 20.2 Å². The Labute approximate surface area is 164 Å². The Kier molecular flexibility index (Phi) is 6.23. The van der Waals surface area contributed by atoms with Crippen molar-refractivity contribution in [2.75, 3.05) is 13.1 Å². The van der Waals surface area contributed by atoms with Crippen LogP contribution in [0.1, 0.15) is 21.6 Å². The number of aromatic nitrogens is 2. The summed E-state index contributed by atoms with van der Waals surface area (Å²) in [4.78, 5) is 12.2. The van der Waals surface area contributed by atoms with Gasteiger partial charge in [-0.1, -0.05) is 60.2 Å². The number of hydrogen-bond acceptors (Lipinski definition) is 4. The largest absolute Gasteiger partial charge is 0.349 e. The average Bonchev–Trinajstić information content (AvgIpc) is 3.16. The number of nitrogens with one attached hydrogen (secondary N) is 3. The maximum atomic E-state index is 12.2. The summed E-state index contributed by atoms with van der Waals surface area (Å²) in [7, 11) is -3.45. The molecule has 0 radical (unpaired) electrons. The van der Waals surface area contributed by atoms with Gasteiger partial charge in [0.2, 0.25) is 10.0 Å². The lowest BCUT2D eigenvalue weighted by Crippen LogP contribution is -2.35. The maximum absolute atomic E-state index is 12.2. The van der Waals surface area contributed by atoms with E-state index in [1.165, 1.54) is 0 Å². The summed E-state index contributed by atoms with van der Waals surface area (Å²) in [6.45, 7) is 2.28. The molecule has 0 saturated carbocycles. The fraction of sp³-hybridized carbons (Fsp3) is 0.200. The Morgan fingerprint density at radius 1 is 1.04 bits per heavy atom. The van der Waals surface area contributed by atoms with Gasteiger partial charge in [-0.2, -0.15) is 5.10 Å². The Bertz CT molecular complexity index is 1030. The van der Waals surface area contributed by atoms with E-state index in [2.05, 4.69) is 20.2 Å². The average molecular weight is 398 g/mol. The second-order valence-corrected chi connectivity index (χ2v) is 8.23. The van der Waals surface area contributed by atoms with Crippen molar-refractivity contribution >= 4 is 15.9 Å². The second-order valence-electron chi connectivity index (χ2n) is 6.43. The molecule has 1 aromatic heterocycles. The van der Waals surface area contributed by atoms with Crippen LogP contribution < -0.4 is 10.0 Å². The molecule has 3 rings (SSSR count). The lowest BCUT2D eigenvalue weighted by atomic mass is 10.1. The van der Waals surface area contributed by atoms with Crippen LogP contribution in [-0.2, 0) is 15.8 Å². The highest BCUT2D eigenvalue weighted by atomic mass is 32.2. The fourth-order valence-corrected chi connectivity index (χ4v) is 3.78. The van der Waals surface area contributed by atoms with Crippen molar-refractivity contribution in [3.05, 3.63) is 77.5 Å². The number of aryl methyl sites for hydroxylation is 1. The Balaban J connectivity index is 1.47. The van der Waals surface area contributed by atoms with Crippen LogP contribution in [0.4, 0.5) is 0 Å². The van der Waals surface area contributed by atoms with Gasteiger partial charge < -0.3 is 5.32 Å². The zero-order chi connectivity index (χ0) is 20.0. The molecule has 3 aromatic rings. The van der Waals surface area contributed by atoms with Gasteiger partial charge in [0.1, 0.15) is 5.69 Å². The number of aromatic amines is 1. The lowest BCUT2D eigenvalue weighted by Gasteiger charge is -2.07. The van der Waals surface area contributed by atoms with Crippen LogP contribution >= 0.6 is 0 Å². The third-order valence-electron chi connectivity index (χ3n) is 4.10. The number of H-pyrrole nitrogens is 1. The first-order valence-corrected chi connectivity index (χ1v) is 10.5. The molecule has 0 atom stereocenters. The summed E-state index contributed by atoms with van der Waals surface area (Å²) < 4.78 is 26.6. The number of rotatable bonds is 8. The Morgan fingerprint density at radius 2 is 1.75 bits per heavy atom. The van der Waals surface area contributed by atoms with Crippen LogP contribution in [0.15, 0.2) is 60.7 Å². The topological polar surface area (TPSA) is 104 Å². The summed E-state index contributed by atoms with van der Waals surface area (Å²) in [5.74, 6) is -0.435. The highest BCUT2D eigenvalue weighted by molar-refractivity contribution is 7.88. The van der Waals surface area contributed by atoms with E-state index in [1.807, 2.05) is 37.3 Å². The van der Waals surface area contributed by atoms with Gasteiger partial charge in [0.25, 0.3) is 5.91 Å². The summed E-state index contributed by atoms with van der Waals surface area (Å²) in [5.41, 5.74) is 3.76. The zero-order valence-corrected chi connectivity index (χ0v) is 16.3. The number of carbonyl (C=O) groups excluding carboxylic acids is 1. The first-order chi connectivity index (χ1) is 13.4. The van der Waals surface area contributed by atoms with Gasteiger partial charge in [0.05, 0.1) is 11.4 Å². The molecule has 0 saturated heterocycles. The first-order valence-electron chi connectivity index (χ1n) is 8.85. The minimum absolute atomic E-state index is 0.0950. The molecule has 0 aliphatic heterocycles. The van der Waals surface area contributed by atoms with Crippen molar-refractivity contribution < 1.29 is 13.2 Å². The summed E-state index contributed by atoms with van der Waals surface area (Å²) in [5, 5.41) is 9.53. The van der Waals surface area contributed by atoms with E-state index in [4.69, 9.17) is 0 Å². The summed E-state index contributed by atoms with van der Waals surface area (Å²) in [6.07, 6.45) is 0. The maximum Gasteiger partial charge on any atom is 0.269 e. The third kappa shape index (κ3) is 5.51. The first kappa shape index (κ1) is 19.8. The molecule has 1 amide bonds. The van der Waals surface area contributed by atoms with Crippen molar-refractivity contribution in [1.29, 1.82) is 0 Å². The summed E-state index contributed by atoms with van der Waals surface area (Å²) >= 11 is 0. The van der Waals surface area contributed by atoms with Gasteiger partial charge in [-0.05, 0) is 18.6 Å². The fourth-order valence-electron chi connectivity index (χ4n) is 2.63. The van der Waals surface area contributed by atoms with Gasteiger partial charge in [-0.3, -0.25) is 9.89 Å². The van der Waals surface area contributed by atoms with Crippen LogP contribution in [0.3, 0.4) is 0 Å². The monoisotopic (exact) mass is 398 g/mol. The van der Waals surface area contributed by atoms with Gasteiger partial charge >= 0.3 is 0 Å². The molecule has 0 fully saturated rings. The molecule has 7 nitrogen and oxygen atoms in total. The number of hydrogen-bond donors (Lipinski definition) is 3. The molecule has 0 aliphatic carbocycles. The molecule has 28 heavy (non-hydrogen) atoms. The van der Waals surface area contributed by atoms with Crippen molar-refractivity contribution in [2.24, 2.45) is 0 Å². The van der Waals surface area contributed by atoms with Crippen LogP contribution in [0, 0.1) is 6.92 Å². The molecule has 0 spiro atoms. The number of nitrogens with zero attached hydrogens (tertiary/aromatic N) is 1. The van der Waals surface area contributed by atoms with Crippen molar-refractivity contribution in [3.63, 3.8) is 0 Å². The molecule has 1 heterocycles. The minimum atomic E-state index is -3.45. The predicted molar refractivity (Wildman–Crippen MR) is 108 cm³/mol. The van der Waals surface area contributed by atoms with Crippen LogP contribution in [0.2, 0.25) is 0 Å². The Hall–Kier alpha value is -2.97. The molecular formula is C20H22N4O3S. The van der Waals surface area contributed by atoms with Crippen LogP contribution in [-0.4, -0.2) is 37.6 Å². The Morgan fingerprint density at radius 3 is 2.46 bits per heavy atom. The van der Waals surface area contributed by atoms with Crippen LogP contribution in [0.25, 0.3) is 11.3 Å². The normalized spacial score (nSPS) is 11.3. The number of sulfonamides is 1. The second kappa shape index (κ2) is 8.81. The number of benzene rings is 2. The van der Waals surface area contributed by atoms with Gasteiger partial charge in [0.15, 0.2) is 0 Å². The van der Waals surface area contributed by atoms with E-state index in [1.54, 1.807) is 30.3 Å². The molecule has 3 N–H and O–H groups in total. The van der Waals surface area contributed by atoms with E-state index >= 15 is 0 Å². The number of amides is 1. The minimum Gasteiger partial charge on any atom is -0.349 e. The van der Waals surface area contributed by atoms with E-state index < -0.39 is 10.0 Å². The quantitative estimate of drug-likeness (QED) is 0.506. The number of carbonyl (C=O) groups is 1. The highest BCUT2D eigenvalue weighted by Crippen LogP contribution is 2.18. The standard InChI is InChI=1S/C20H22N4O3S/c1-15-7-9-17(10-8-15)18-13-19(24-23-18)20(25)21-11-12-22-28(26,27)14-16-5-3-2-4-6-16/h2-10,13,22H,11-12,14H2,1H3,(H,21,25)(H,23,24). The molecule has 2 aromatic carbocycles. The zero-order valence-electron chi connectivity index (χ0n) is 15.5. The molecule has 0 bridgehead atoms. The van der Waals surface area contributed by atoms with Gasteiger partial charge in [-0.25, -0.2) is 13.1 Å². The molecule has 0 unspecified atom stereocenters. The van der Waals surface area contributed by atoms with Gasteiger partial charge in [0, 0.05) is 18.7 Å². The van der Waals surface area contributed by atoms with E-state index in [9.17, 15) is 13.2 Å². The lowest BCUT2D eigenvalue weighted by molar-refractivity contribution is 0.0949. The van der Waals surface area contributed by atoms with E-state index in [0.717, 1.165) is 11.1 Å². The van der Waals surface area contributed by atoms with Crippen LogP contribution in [0.5, 0.6) is 0 Å². The molecular weight excluding hydrogens is 376 g/mol. The van der Waals surface area contributed by atoms with Gasteiger partial charge in [-0.15, -0.1) is 0 Å². The SMILES string of the molecule is Cc1ccc(-c2cc(C(=O)NCCNS(=O)(=O)Cc3ccccc3)[nH]n2)cc1. The van der Waals surface area contributed by atoms with Crippen molar-refractivity contribution in [2.45, 2.75) is 12.7 Å². The molecule has 8 heteroatoms. The summed E-state index contributed by atoms with van der Waals surface area (Å²) in [6, 6.07) is 18.4. The van der Waals surface area contributed by atoms with E-state index in [0.29, 0.717) is 17.0 Å². The van der Waals surface area contributed by atoms with E-state index in [-0.39, 0.29) is 24.7 Å². The smallest absolute Gasteiger partial charge is 0.269 e. The molecule has 0 aliphatic rings. The third-order valence-corrected chi connectivity index (χ3v) is 5.46. The highest BCUT2D eigenvalue weighted by Gasteiger charge is 2.13. The predicted octanol–water partition coefficient (Wildman–Crippen LogP) is 2.23. The van der Waals surface area contributed by atoms with Crippen molar-refractivity contribution in [3.8, 4) is 11.3 Å².